The van der Waals surface area contributed by atoms with Gasteiger partial charge in [0.25, 0.3) is 0 Å². The third-order valence-corrected chi connectivity index (χ3v) is 6.15. The molecule has 4 rings (SSSR count). The number of halogens is 1. The Labute approximate surface area is 181 Å². The molecule has 30 heavy (non-hydrogen) atoms. The number of aromatic nitrogens is 1. The van der Waals surface area contributed by atoms with E-state index in [0.717, 1.165) is 27.7 Å². The van der Waals surface area contributed by atoms with Gasteiger partial charge in [0, 0.05) is 23.0 Å². The zero-order valence-corrected chi connectivity index (χ0v) is 18.1. The molecular formula is C24H25ClN2O3. The number of nitrogens with zero attached hydrogens (tertiary/aromatic N) is 1. The summed E-state index contributed by atoms with van der Waals surface area (Å²) in [5, 5.41) is 1.06. The lowest BCUT2D eigenvalue weighted by Crippen LogP contribution is -2.52. The van der Waals surface area contributed by atoms with Gasteiger partial charge in [0.1, 0.15) is 11.9 Å². The highest BCUT2D eigenvalue weighted by Crippen LogP contribution is 2.41. The standard InChI is InChI=1S/C24H25ClN2O3/c1-14(2)15-8-10-16(11-9-15)23-22-18(17-6-4-5-7-19(17)26-22)12-20(24(29)30-3)27(23)21(28)13-25/h4-11,14,20,23,26H,12-13H2,1-3H3/t20-,23?/m0/s1. The number of esters is 1. The van der Waals surface area contributed by atoms with Crippen LogP contribution in [0.2, 0.25) is 0 Å². The van der Waals surface area contributed by atoms with Crippen molar-refractivity contribution in [3.63, 3.8) is 0 Å². The fourth-order valence-electron chi connectivity index (χ4n) is 4.40. The summed E-state index contributed by atoms with van der Waals surface area (Å²) >= 11 is 5.97. The van der Waals surface area contributed by atoms with Crippen LogP contribution in [-0.2, 0) is 20.7 Å². The van der Waals surface area contributed by atoms with Crippen LogP contribution in [0, 0.1) is 0 Å². The van der Waals surface area contributed by atoms with Gasteiger partial charge in [-0.15, -0.1) is 11.6 Å². The Hall–Kier alpha value is -2.79. The molecule has 1 aliphatic heterocycles. The van der Waals surface area contributed by atoms with E-state index in [-0.39, 0.29) is 11.8 Å². The van der Waals surface area contributed by atoms with Crippen molar-refractivity contribution in [1.29, 1.82) is 0 Å². The Morgan fingerprint density at radius 2 is 1.87 bits per heavy atom. The van der Waals surface area contributed by atoms with Crippen molar-refractivity contribution < 1.29 is 14.3 Å². The molecule has 1 aromatic heterocycles. The predicted molar refractivity (Wildman–Crippen MR) is 118 cm³/mol. The number of rotatable bonds is 4. The van der Waals surface area contributed by atoms with Crippen LogP contribution < -0.4 is 0 Å². The van der Waals surface area contributed by atoms with Gasteiger partial charge in [-0.25, -0.2) is 4.79 Å². The summed E-state index contributed by atoms with van der Waals surface area (Å²) in [7, 11) is 1.35. The Bertz CT molecular complexity index is 1090. The zero-order chi connectivity index (χ0) is 21.4. The number of benzene rings is 2. The number of carbonyl (C=O) groups excluding carboxylic acids is 2. The summed E-state index contributed by atoms with van der Waals surface area (Å²) in [5.41, 5.74) is 5.09. The predicted octanol–water partition coefficient (Wildman–Crippen LogP) is 4.55. The summed E-state index contributed by atoms with van der Waals surface area (Å²) in [5.74, 6) is -0.538. The molecule has 1 N–H and O–H groups in total. The van der Waals surface area contributed by atoms with Crippen molar-refractivity contribution in [3.8, 4) is 0 Å². The minimum Gasteiger partial charge on any atom is -0.467 e. The summed E-state index contributed by atoms with van der Waals surface area (Å²) < 4.78 is 5.07. The second-order valence-electron chi connectivity index (χ2n) is 7.96. The molecule has 3 aromatic rings. The highest BCUT2D eigenvalue weighted by atomic mass is 35.5. The SMILES string of the molecule is COC(=O)[C@@H]1Cc2c([nH]c3ccccc23)C(c2ccc(C(C)C)cc2)N1C(=O)CCl. The van der Waals surface area contributed by atoms with Crippen LogP contribution in [0.25, 0.3) is 10.9 Å². The molecule has 0 saturated carbocycles. The molecular weight excluding hydrogens is 400 g/mol. The van der Waals surface area contributed by atoms with Gasteiger partial charge in [0.15, 0.2) is 0 Å². The molecule has 0 bridgehead atoms. The highest BCUT2D eigenvalue weighted by molar-refractivity contribution is 6.27. The van der Waals surface area contributed by atoms with E-state index in [9.17, 15) is 9.59 Å². The first-order valence-electron chi connectivity index (χ1n) is 10.1. The topological polar surface area (TPSA) is 62.4 Å². The number of fused-ring (bicyclic) bond motifs is 3. The maximum Gasteiger partial charge on any atom is 0.328 e. The minimum absolute atomic E-state index is 0.205. The highest BCUT2D eigenvalue weighted by Gasteiger charge is 2.43. The van der Waals surface area contributed by atoms with Gasteiger partial charge in [-0.05, 0) is 28.7 Å². The lowest BCUT2D eigenvalue weighted by molar-refractivity contribution is -0.154. The molecule has 0 aliphatic carbocycles. The van der Waals surface area contributed by atoms with E-state index in [1.54, 1.807) is 4.90 Å². The minimum atomic E-state index is -0.734. The van der Waals surface area contributed by atoms with E-state index < -0.39 is 18.1 Å². The van der Waals surface area contributed by atoms with Crippen molar-refractivity contribution in [2.24, 2.45) is 0 Å². The molecule has 1 amide bonds. The number of para-hydroxylation sites is 1. The number of hydrogen-bond acceptors (Lipinski definition) is 3. The number of nitrogens with one attached hydrogen (secondary N) is 1. The third-order valence-electron chi connectivity index (χ3n) is 5.93. The second kappa shape index (κ2) is 8.15. The Morgan fingerprint density at radius 3 is 2.50 bits per heavy atom. The van der Waals surface area contributed by atoms with Crippen LogP contribution in [0.1, 0.15) is 48.2 Å². The van der Waals surface area contributed by atoms with Crippen molar-refractivity contribution in [1.82, 2.24) is 9.88 Å². The van der Waals surface area contributed by atoms with Crippen LogP contribution in [-0.4, -0.2) is 40.8 Å². The fourth-order valence-corrected chi connectivity index (χ4v) is 4.53. The normalized spacial score (nSPS) is 18.5. The Kier molecular flexibility index (Phi) is 5.56. The molecule has 1 aliphatic rings. The summed E-state index contributed by atoms with van der Waals surface area (Å²) in [6, 6.07) is 15.0. The molecule has 1 unspecified atom stereocenters. The number of ether oxygens (including phenoxy) is 1. The number of amides is 1. The van der Waals surface area contributed by atoms with Gasteiger partial charge < -0.3 is 14.6 Å². The number of aromatic amines is 1. The smallest absolute Gasteiger partial charge is 0.328 e. The molecule has 5 nitrogen and oxygen atoms in total. The van der Waals surface area contributed by atoms with Crippen LogP contribution in [0.3, 0.4) is 0 Å². The van der Waals surface area contributed by atoms with Gasteiger partial charge in [-0.2, -0.15) is 0 Å². The maximum atomic E-state index is 13.0. The first-order valence-corrected chi connectivity index (χ1v) is 10.6. The number of H-pyrrole nitrogens is 1. The van der Waals surface area contributed by atoms with Gasteiger partial charge >= 0.3 is 5.97 Å². The third kappa shape index (κ3) is 3.37. The van der Waals surface area contributed by atoms with Gasteiger partial charge in [-0.3, -0.25) is 4.79 Å². The number of methoxy groups -OCH3 is 1. The van der Waals surface area contributed by atoms with E-state index in [1.807, 2.05) is 36.4 Å². The molecule has 0 spiro atoms. The zero-order valence-electron chi connectivity index (χ0n) is 17.3. The quantitative estimate of drug-likeness (QED) is 0.493. The summed E-state index contributed by atoms with van der Waals surface area (Å²) in [6.07, 6.45) is 0.384. The van der Waals surface area contributed by atoms with Crippen molar-refractivity contribution in [3.05, 3.63) is 70.9 Å². The van der Waals surface area contributed by atoms with E-state index in [0.29, 0.717) is 12.3 Å². The molecule has 2 aromatic carbocycles. The van der Waals surface area contributed by atoms with Crippen LogP contribution in [0.5, 0.6) is 0 Å². The molecule has 156 valence electrons. The van der Waals surface area contributed by atoms with E-state index in [2.05, 4.69) is 31.0 Å². The first kappa shape index (κ1) is 20.5. The van der Waals surface area contributed by atoms with E-state index in [4.69, 9.17) is 16.3 Å². The molecule has 2 atom stereocenters. The average molecular weight is 425 g/mol. The van der Waals surface area contributed by atoms with Crippen molar-refractivity contribution in [2.45, 2.75) is 38.3 Å². The lowest BCUT2D eigenvalue weighted by atomic mass is 9.87. The number of alkyl halides is 1. The van der Waals surface area contributed by atoms with Crippen LogP contribution in [0.15, 0.2) is 48.5 Å². The Morgan fingerprint density at radius 1 is 1.17 bits per heavy atom. The summed E-state index contributed by atoms with van der Waals surface area (Å²) in [4.78, 5) is 30.8. The Balaban J connectivity index is 1.94. The average Bonchev–Trinajstić information content (AvgIpc) is 3.15. The van der Waals surface area contributed by atoms with Gasteiger partial charge in [-0.1, -0.05) is 56.3 Å². The van der Waals surface area contributed by atoms with Gasteiger partial charge in [0.2, 0.25) is 5.91 Å². The monoisotopic (exact) mass is 424 g/mol. The van der Waals surface area contributed by atoms with E-state index in [1.165, 1.54) is 12.7 Å². The van der Waals surface area contributed by atoms with Crippen LogP contribution in [0.4, 0.5) is 0 Å². The maximum absolute atomic E-state index is 13.0. The molecule has 0 saturated heterocycles. The fraction of sp³-hybridized carbons (Fsp3) is 0.333. The largest absolute Gasteiger partial charge is 0.467 e. The van der Waals surface area contributed by atoms with Gasteiger partial charge in [0.05, 0.1) is 13.2 Å². The molecule has 0 fully saturated rings. The van der Waals surface area contributed by atoms with Crippen molar-refractivity contribution >= 4 is 34.4 Å². The van der Waals surface area contributed by atoms with E-state index >= 15 is 0 Å². The molecule has 6 heteroatoms. The first-order chi connectivity index (χ1) is 14.5. The molecule has 0 radical (unpaired) electrons. The lowest BCUT2D eigenvalue weighted by Gasteiger charge is -2.40. The molecule has 2 heterocycles. The summed E-state index contributed by atoms with van der Waals surface area (Å²) in [6.45, 7) is 4.28. The second-order valence-corrected chi connectivity index (χ2v) is 8.23. The number of carbonyl (C=O) groups is 2. The van der Waals surface area contributed by atoms with Crippen molar-refractivity contribution in [2.75, 3.05) is 13.0 Å². The number of hydrogen-bond donors (Lipinski definition) is 1. The van der Waals surface area contributed by atoms with Crippen LogP contribution >= 0.6 is 11.6 Å².